The lowest BCUT2D eigenvalue weighted by Crippen LogP contribution is -2.16. The first-order valence-electron chi connectivity index (χ1n) is 7.31. The molecule has 2 rings (SSSR count). The minimum atomic E-state index is -0.0636. The van der Waals surface area contributed by atoms with Gasteiger partial charge in [0.2, 0.25) is 5.91 Å². The highest BCUT2D eigenvalue weighted by Crippen LogP contribution is 2.29. The fourth-order valence-electron chi connectivity index (χ4n) is 2.85. The Balaban J connectivity index is 1.87. The van der Waals surface area contributed by atoms with E-state index in [0.29, 0.717) is 6.42 Å². The Labute approximate surface area is 115 Å². The molecule has 3 heteroatoms. The van der Waals surface area contributed by atoms with E-state index in [9.17, 15) is 4.79 Å². The molecule has 1 fully saturated rings. The standard InChI is InChI=1S/C16H24N2O/c1-12(17)14-8-4-5-9-15(14)18-16(19)11-10-13-6-2-3-7-13/h4-5,8-9,12-13H,2-3,6-7,10-11,17H2,1H3,(H,18,19). The van der Waals surface area contributed by atoms with Gasteiger partial charge >= 0.3 is 0 Å². The van der Waals surface area contributed by atoms with Gasteiger partial charge in [0.15, 0.2) is 0 Å². The van der Waals surface area contributed by atoms with Gasteiger partial charge in [0.1, 0.15) is 0 Å². The molecule has 1 saturated carbocycles. The third-order valence-electron chi connectivity index (χ3n) is 3.98. The maximum absolute atomic E-state index is 12.0. The summed E-state index contributed by atoms with van der Waals surface area (Å²) in [7, 11) is 0. The lowest BCUT2D eigenvalue weighted by atomic mass is 10.0. The molecule has 0 aromatic heterocycles. The summed E-state index contributed by atoms with van der Waals surface area (Å²) in [6.07, 6.45) is 6.90. The number of nitrogens with one attached hydrogen (secondary N) is 1. The van der Waals surface area contributed by atoms with Crippen LogP contribution in [-0.4, -0.2) is 5.91 Å². The van der Waals surface area contributed by atoms with E-state index < -0.39 is 0 Å². The largest absolute Gasteiger partial charge is 0.326 e. The van der Waals surface area contributed by atoms with E-state index in [1.165, 1.54) is 25.7 Å². The summed E-state index contributed by atoms with van der Waals surface area (Å²) in [4.78, 5) is 12.0. The van der Waals surface area contributed by atoms with E-state index in [0.717, 1.165) is 23.6 Å². The number of hydrogen-bond donors (Lipinski definition) is 2. The Hall–Kier alpha value is -1.35. The summed E-state index contributed by atoms with van der Waals surface area (Å²) in [5.74, 6) is 0.870. The van der Waals surface area contributed by atoms with Crippen molar-refractivity contribution in [1.82, 2.24) is 0 Å². The summed E-state index contributed by atoms with van der Waals surface area (Å²) >= 11 is 0. The van der Waals surface area contributed by atoms with Crippen molar-refractivity contribution in [3.63, 3.8) is 0 Å². The van der Waals surface area contributed by atoms with Crippen LogP contribution in [-0.2, 0) is 4.79 Å². The number of hydrogen-bond acceptors (Lipinski definition) is 2. The molecule has 0 heterocycles. The van der Waals surface area contributed by atoms with E-state index in [-0.39, 0.29) is 11.9 Å². The van der Waals surface area contributed by atoms with Gasteiger partial charge in [0, 0.05) is 18.2 Å². The highest BCUT2D eigenvalue weighted by molar-refractivity contribution is 5.91. The number of carbonyl (C=O) groups excluding carboxylic acids is 1. The number of para-hydroxylation sites is 1. The van der Waals surface area contributed by atoms with Crippen LogP contribution >= 0.6 is 0 Å². The third kappa shape index (κ3) is 4.06. The molecular weight excluding hydrogens is 236 g/mol. The van der Waals surface area contributed by atoms with Gasteiger partial charge in [0.05, 0.1) is 0 Å². The van der Waals surface area contributed by atoms with E-state index in [4.69, 9.17) is 5.73 Å². The first kappa shape index (κ1) is 14.1. The fourth-order valence-corrected chi connectivity index (χ4v) is 2.85. The Bertz CT molecular complexity index is 423. The number of carbonyl (C=O) groups is 1. The van der Waals surface area contributed by atoms with Crippen LogP contribution in [0.2, 0.25) is 0 Å². The second kappa shape index (κ2) is 6.71. The van der Waals surface area contributed by atoms with Crippen LogP contribution in [0.1, 0.15) is 57.1 Å². The van der Waals surface area contributed by atoms with Crippen molar-refractivity contribution in [3.05, 3.63) is 29.8 Å². The molecule has 3 N–H and O–H groups in total. The Morgan fingerprint density at radius 1 is 1.37 bits per heavy atom. The minimum absolute atomic E-state index is 0.0636. The highest BCUT2D eigenvalue weighted by atomic mass is 16.1. The SMILES string of the molecule is CC(N)c1ccccc1NC(=O)CCC1CCCC1. The lowest BCUT2D eigenvalue weighted by Gasteiger charge is -2.14. The molecule has 3 nitrogen and oxygen atoms in total. The van der Waals surface area contributed by atoms with Crippen LogP contribution in [0, 0.1) is 5.92 Å². The van der Waals surface area contributed by atoms with Crippen molar-refractivity contribution in [2.75, 3.05) is 5.32 Å². The molecule has 1 amide bonds. The molecule has 1 aromatic rings. The number of benzene rings is 1. The Kier molecular flexibility index (Phi) is 4.97. The van der Waals surface area contributed by atoms with Gasteiger partial charge < -0.3 is 11.1 Å². The molecule has 0 radical (unpaired) electrons. The molecule has 1 unspecified atom stereocenters. The van der Waals surface area contributed by atoms with Crippen molar-refractivity contribution >= 4 is 11.6 Å². The van der Waals surface area contributed by atoms with E-state index in [1.807, 2.05) is 31.2 Å². The maximum Gasteiger partial charge on any atom is 0.224 e. The molecule has 0 saturated heterocycles. The van der Waals surface area contributed by atoms with Crippen molar-refractivity contribution < 1.29 is 4.79 Å². The van der Waals surface area contributed by atoms with Gasteiger partial charge in [-0.3, -0.25) is 4.79 Å². The summed E-state index contributed by atoms with van der Waals surface area (Å²) in [5, 5.41) is 3.00. The predicted octanol–water partition coefficient (Wildman–Crippen LogP) is 3.62. The van der Waals surface area contributed by atoms with E-state index in [1.54, 1.807) is 0 Å². The van der Waals surface area contributed by atoms with Crippen LogP contribution in [0.3, 0.4) is 0 Å². The zero-order valence-corrected chi connectivity index (χ0v) is 11.7. The van der Waals surface area contributed by atoms with Gasteiger partial charge in [0.25, 0.3) is 0 Å². The molecule has 1 aliphatic carbocycles. The smallest absolute Gasteiger partial charge is 0.224 e. The summed E-state index contributed by atoms with van der Waals surface area (Å²) in [5.41, 5.74) is 7.76. The molecule has 0 aliphatic heterocycles. The fraction of sp³-hybridized carbons (Fsp3) is 0.562. The van der Waals surface area contributed by atoms with Gasteiger partial charge in [-0.15, -0.1) is 0 Å². The van der Waals surface area contributed by atoms with Crippen LogP contribution in [0.15, 0.2) is 24.3 Å². The summed E-state index contributed by atoms with van der Waals surface area (Å²) in [6.45, 7) is 1.93. The molecule has 1 atom stereocenters. The zero-order valence-electron chi connectivity index (χ0n) is 11.7. The van der Waals surface area contributed by atoms with Crippen molar-refractivity contribution in [2.24, 2.45) is 11.7 Å². The van der Waals surface area contributed by atoms with Crippen molar-refractivity contribution in [1.29, 1.82) is 0 Å². The molecule has 1 aliphatic rings. The first-order chi connectivity index (χ1) is 9.16. The summed E-state index contributed by atoms with van der Waals surface area (Å²) in [6, 6.07) is 7.71. The van der Waals surface area contributed by atoms with Gasteiger partial charge in [-0.05, 0) is 30.9 Å². The first-order valence-corrected chi connectivity index (χ1v) is 7.31. The van der Waals surface area contributed by atoms with Gasteiger partial charge in [-0.2, -0.15) is 0 Å². The van der Waals surface area contributed by atoms with E-state index in [2.05, 4.69) is 5.32 Å². The van der Waals surface area contributed by atoms with Crippen LogP contribution in [0.5, 0.6) is 0 Å². The topological polar surface area (TPSA) is 55.1 Å². The molecular formula is C16H24N2O. The Morgan fingerprint density at radius 3 is 2.74 bits per heavy atom. The predicted molar refractivity (Wildman–Crippen MR) is 78.9 cm³/mol. The molecule has 1 aromatic carbocycles. The van der Waals surface area contributed by atoms with Crippen LogP contribution in [0.25, 0.3) is 0 Å². The quantitative estimate of drug-likeness (QED) is 0.849. The second-order valence-corrected chi connectivity index (χ2v) is 5.61. The molecule has 0 spiro atoms. The van der Waals surface area contributed by atoms with Crippen LogP contribution in [0.4, 0.5) is 5.69 Å². The van der Waals surface area contributed by atoms with Crippen molar-refractivity contribution in [2.45, 2.75) is 51.5 Å². The van der Waals surface area contributed by atoms with E-state index >= 15 is 0 Å². The normalized spacial score (nSPS) is 17.4. The second-order valence-electron chi connectivity index (χ2n) is 5.61. The molecule has 104 valence electrons. The molecule has 0 bridgehead atoms. The number of rotatable bonds is 5. The molecule has 19 heavy (non-hydrogen) atoms. The lowest BCUT2D eigenvalue weighted by molar-refractivity contribution is -0.116. The van der Waals surface area contributed by atoms with Gasteiger partial charge in [-0.1, -0.05) is 43.9 Å². The average Bonchev–Trinajstić information content (AvgIpc) is 2.90. The maximum atomic E-state index is 12.0. The summed E-state index contributed by atoms with van der Waals surface area (Å²) < 4.78 is 0. The number of amides is 1. The third-order valence-corrected chi connectivity index (χ3v) is 3.98. The highest BCUT2D eigenvalue weighted by Gasteiger charge is 2.16. The monoisotopic (exact) mass is 260 g/mol. The average molecular weight is 260 g/mol. The zero-order chi connectivity index (χ0) is 13.7. The van der Waals surface area contributed by atoms with Gasteiger partial charge in [-0.25, -0.2) is 0 Å². The van der Waals surface area contributed by atoms with Crippen molar-refractivity contribution in [3.8, 4) is 0 Å². The van der Waals surface area contributed by atoms with Crippen LogP contribution < -0.4 is 11.1 Å². The number of anilines is 1. The minimum Gasteiger partial charge on any atom is -0.326 e. The number of nitrogens with two attached hydrogens (primary N) is 1. The Morgan fingerprint density at radius 2 is 2.05 bits per heavy atom.